The molecule has 0 amide bonds. The van der Waals surface area contributed by atoms with Gasteiger partial charge in [-0.1, -0.05) is 19.1 Å². The van der Waals surface area contributed by atoms with Crippen LogP contribution in [0.15, 0.2) is 18.2 Å². The van der Waals surface area contributed by atoms with Gasteiger partial charge in [0.2, 0.25) is 0 Å². The molecule has 1 aromatic carbocycles. The smallest absolute Gasteiger partial charge is 0.180 e. The van der Waals surface area contributed by atoms with Gasteiger partial charge in [0.15, 0.2) is 5.13 Å². The molecule has 96 valence electrons. The van der Waals surface area contributed by atoms with Crippen molar-refractivity contribution in [2.45, 2.75) is 26.7 Å². The van der Waals surface area contributed by atoms with Crippen molar-refractivity contribution in [3.63, 3.8) is 0 Å². The minimum absolute atomic E-state index is 0.633. The Labute approximate surface area is 112 Å². The Morgan fingerprint density at radius 2 is 2.17 bits per heavy atom. The Morgan fingerprint density at radius 1 is 1.39 bits per heavy atom. The van der Waals surface area contributed by atoms with Crippen LogP contribution in [-0.2, 0) is 12.8 Å². The van der Waals surface area contributed by atoms with Crippen LogP contribution >= 0.6 is 11.3 Å². The van der Waals surface area contributed by atoms with Gasteiger partial charge in [0, 0.05) is 16.9 Å². The second-order valence-electron chi connectivity index (χ2n) is 4.23. The maximum Gasteiger partial charge on any atom is 0.180 e. The van der Waals surface area contributed by atoms with Crippen LogP contribution in [0.3, 0.4) is 0 Å². The molecule has 0 bridgehead atoms. The number of nitrogens with zero attached hydrogens (tertiary/aromatic N) is 1. The minimum Gasteiger partial charge on any atom is -0.496 e. The monoisotopic (exact) mass is 262 g/mol. The van der Waals surface area contributed by atoms with Crippen LogP contribution in [0.4, 0.5) is 5.13 Å². The lowest BCUT2D eigenvalue weighted by atomic mass is 10.0. The van der Waals surface area contributed by atoms with E-state index in [1.165, 1.54) is 27.3 Å². The lowest BCUT2D eigenvalue weighted by molar-refractivity contribution is 0.410. The Balaban J connectivity index is 2.35. The van der Waals surface area contributed by atoms with Crippen molar-refractivity contribution in [3.05, 3.63) is 39.9 Å². The van der Waals surface area contributed by atoms with Gasteiger partial charge in [0.25, 0.3) is 0 Å². The first-order valence-corrected chi connectivity index (χ1v) is 6.83. The standard InChI is InChI=1S/C14H18N2OS/c1-4-10-5-6-13(17-3)11(7-10)8-12-9(2)18-14(15)16-12/h5-7H,4,8H2,1-3H3,(H2,15,16). The van der Waals surface area contributed by atoms with Crippen LogP contribution in [0, 0.1) is 6.92 Å². The SMILES string of the molecule is CCc1ccc(OC)c(Cc2nc(N)sc2C)c1. The molecule has 2 aromatic rings. The van der Waals surface area contributed by atoms with Gasteiger partial charge in [-0.3, -0.25) is 0 Å². The summed E-state index contributed by atoms with van der Waals surface area (Å²) in [6.45, 7) is 4.21. The highest BCUT2D eigenvalue weighted by atomic mass is 32.1. The molecule has 1 aromatic heterocycles. The van der Waals surface area contributed by atoms with Gasteiger partial charge in [-0.25, -0.2) is 4.98 Å². The van der Waals surface area contributed by atoms with Crippen LogP contribution in [0.25, 0.3) is 0 Å². The van der Waals surface area contributed by atoms with Gasteiger partial charge < -0.3 is 10.5 Å². The van der Waals surface area contributed by atoms with Gasteiger partial charge in [-0.15, -0.1) is 11.3 Å². The topological polar surface area (TPSA) is 48.1 Å². The van der Waals surface area contributed by atoms with Gasteiger partial charge in [0.05, 0.1) is 12.8 Å². The molecule has 0 atom stereocenters. The lowest BCUT2D eigenvalue weighted by Gasteiger charge is -2.09. The number of hydrogen-bond donors (Lipinski definition) is 1. The fourth-order valence-electron chi connectivity index (χ4n) is 1.98. The third kappa shape index (κ3) is 2.64. The first-order valence-electron chi connectivity index (χ1n) is 6.01. The molecule has 0 aliphatic heterocycles. The first kappa shape index (κ1) is 12.9. The zero-order chi connectivity index (χ0) is 13.1. The van der Waals surface area contributed by atoms with Gasteiger partial charge in [0.1, 0.15) is 5.75 Å². The Morgan fingerprint density at radius 3 is 2.72 bits per heavy atom. The fraction of sp³-hybridized carbons (Fsp3) is 0.357. The average Bonchev–Trinajstić information content (AvgIpc) is 2.67. The van der Waals surface area contributed by atoms with Crippen LogP contribution in [0.2, 0.25) is 0 Å². The second kappa shape index (κ2) is 5.40. The summed E-state index contributed by atoms with van der Waals surface area (Å²) in [5, 5.41) is 0.633. The van der Waals surface area contributed by atoms with E-state index in [0.717, 1.165) is 24.3 Å². The summed E-state index contributed by atoms with van der Waals surface area (Å²) in [6.07, 6.45) is 1.80. The van der Waals surface area contributed by atoms with E-state index >= 15 is 0 Å². The predicted octanol–water partition coefficient (Wildman–Crippen LogP) is 3.20. The zero-order valence-corrected chi connectivity index (χ0v) is 11.8. The minimum atomic E-state index is 0.633. The number of anilines is 1. The van der Waals surface area contributed by atoms with E-state index < -0.39 is 0 Å². The molecule has 0 fully saturated rings. The molecule has 0 saturated carbocycles. The summed E-state index contributed by atoms with van der Waals surface area (Å²) in [6, 6.07) is 6.32. The molecule has 1 heterocycles. The van der Waals surface area contributed by atoms with Crippen molar-refractivity contribution in [3.8, 4) is 5.75 Å². The molecule has 0 aliphatic rings. The maximum absolute atomic E-state index is 5.74. The molecular weight excluding hydrogens is 244 g/mol. The molecule has 3 nitrogen and oxygen atoms in total. The normalized spacial score (nSPS) is 10.6. The van der Waals surface area contributed by atoms with Gasteiger partial charge in [-0.05, 0) is 25.0 Å². The average molecular weight is 262 g/mol. The Bertz CT molecular complexity index is 549. The quantitative estimate of drug-likeness (QED) is 0.920. The molecule has 0 saturated heterocycles. The molecule has 0 aliphatic carbocycles. The summed E-state index contributed by atoms with van der Waals surface area (Å²) >= 11 is 1.54. The van der Waals surface area contributed by atoms with E-state index in [1.54, 1.807) is 7.11 Å². The molecule has 2 N–H and O–H groups in total. The van der Waals surface area contributed by atoms with Crippen molar-refractivity contribution in [2.24, 2.45) is 0 Å². The number of thiazole rings is 1. The number of hydrogen-bond acceptors (Lipinski definition) is 4. The number of nitrogens with two attached hydrogens (primary N) is 1. The van der Waals surface area contributed by atoms with E-state index in [2.05, 4.69) is 31.0 Å². The summed E-state index contributed by atoms with van der Waals surface area (Å²) < 4.78 is 5.41. The Kier molecular flexibility index (Phi) is 3.87. The number of nitrogen functional groups attached to an aromatic ring is 1. The van der Waals surface area contributed by atoms with Crippen molar-refractivity contribution in [2.75, 3.05) is 12.8 Å². The van der Waals surface area contributed by atoms with Gasteiger partial charge >= 0.3 is 0 Å². The van der Waals surface area contributed by atoms with Crippen LogP contribution < -0.4 is 10.5 Å². The molecule has 0 unspecified atom stereocenters. The molecule has 4 heteroatoms. The van der Waals surface area contributed by atoms with Crippen LogP contribution in [-0.4, -0.2) is 12.1 Å². The van der Waals surface area contributed by atoms with E-state index in [-0.39, 0.29) is 0 Å². The highest BCUT2D eigenvalue weighted by Crippen LogP contribution is 2.27. The summed E-state index contributed by atoms with van der Waals surface area (Å²) in [4.78, 5) is 5.55. The highest BCUT2D eigenvalue weighted by Gasteiger charge is 2.10. The van der Waals surface area contributed by atoms with E-state index in [1.807, 2.05) is 6.07 Å². The maximum atomic E-state index is 5.74. The fourth-order valence-corrected chi connectivity index (χ4v) is 2.69. The van der Waals surface area contributed by atoms with Gasteiger partial charge in [-0.2, -0.15) is 0 Å². The summed E-state index contributed by atoms with van der Waals surface area (Å²) in [5.74, 6) is 0.915. The largest absolute Gasteiger partial charge is 0.496 e. The lowest BCUT2D eigenvalue weighted by Crippen LogP contribution is -1.97. The van der Waals surface area contributed by atoms with Crippen molar-refractivity contribution < 1.29 is 4.74 Å². The predicted molar refractivity (Wildman–Crippen MR) is 76.4 cm³/mol. The summed E-state index contributed by atoms with van der Waals surface area (Å²) in [7, 11) is 1.70. The molecule has 0 radical (unpaired) electrons. The molecule has 2 rings (SSSR count). The van der Waals surface area contributed by atoms with E-state index in [4.69, 9.17) is 10.5 Å². The zero-order valence-electron chi connectivity index (χ0n) is 11.0. The number of aromatic nitrogens is 1. The van der Waals surface area contributed by atoms with E-state index in [9.17, 15) is 0 Å². The Hall–Kier alpha value is -1.55. The second-order valence-corrected chi connectivity index (χ2v) is 5.47. The van der Waals surface area contributed by atoms with Crippen LogP contribution in [0.5, 0.6) is 5.75 Å². The first-order chi connectivity index (χ1) is 8.63. The number of benzene rings is 1. The number of rotatable bonds is 4. The van der Waals surface area contributed by atoms with Crippen molar-refractivity contribution in [1.82, 2.24) is 4.98 Å². The highest BCUT2D eigenvalue weighted by molar-refractivity contribution is 7.15. The third-order valence-corrected chi connectivity index (χ3v) is 3.86. The number of methoxy groups -OCH3 is 1. The van der Waals surface area contributed by atoms with E-state index in [0.29, 0.717) is 5.13 Å². The molecule has 0 spiro atoms. The number of aryl methyl sites for hydroxylation is 2. The van der Waals surface area contributed by atoms with Crippen molar-refractivity contribution >= 4 is 16.5 Å². The molecular formula is C14H18N2OS. The third-order valence-electron chi connectivity index (χ3n) is 3.02. The van der Waals surface area contributed by atoms with Crippen LogP contribution in [0.1, 0.15) is 28.6 Å². The number of ether oxygens (including phenoxy) is 1. The summed E-state index contributed by atoms with van der Waals surface area (Å²) in [5.41, 5.74) is 9.26. The van der Waals surface area contributed by atoms with Crippen molar-refractivity contribution in [1.29, 1.82) is 0 Å². The molecule has 18 heavy (non-hydrogen) atoms.